The molecule has 7 bridgehead atoms. The Bertz CT molecular complexity index is 1130. The number of hydrogen-bond donors (Lipinski definition) is 0. The molecule has 5 aliphatic carbocycles. The molecule has 40 heavy (non-hydrogen) atoms. The van der Waals surface area contributed by atoms with Crippen molar-refractivity contribution in [2.45, 2.75) is 89.1 Å². The van der Waals surface area contributed by atoms with E-state index in [9.17, 15) is 4.79 Å². The van der Waals surface area contributed by atoms with Crippen molar-refractivity contribution in [1.82, 2.24) is 4.90 Å². The Labute approximate surface area is 239 Å². The van der Waals surface area contributed by atoms with Gasteiger partial charge in [-0.25, -0.2) is 0 Å². The van der Waals surface area contributed by atoms with Crippen molar-refractivity contribution in [2.75, 3.05) is 34.4 Å². The summed E-state index contributed by atoms with van der Waals surface area (Å²) >= 11 is 0. The average molecular weight is 554 g/mol. The summed E-state index contributed by atoms with van der Waals surface area (Å²) in [5.74, 6) is 0.906. The van der Waals surface area contributed by atoms with E-state index in [-0.39, 0.29) is 65.0 Å². The second-order valence-corrected chi connectivity index (χ2v) is 13.9. The Balaban J connectivity index is 1.43. The second-order valence-electron chi connectivity index (χ2n) is 13.9. The zero-order chi connectivity index (χ0) is 28.0. The van der Waals surface area contributed by atoms with Crippen LogP contribution in [0, 0.1) is 40.4 Å². The van der Waals surface area contributed by atoms with E-state index in [1.165, 1.54) is 5.56 Å². The number of esters is 1. The molecule has 6 fully saturated rings. The molecule has 1 heterocycles. The Kier molecular flexibility index (Phi) is 6.49. The fourth-order valence-electron chi connectivity index (χ4n) is 12.0. The highest BCUT2D eigenvalue weighted by atomic mass is 16.6. The van der Waals surface area contributed by atoms with Crippen LogP contribution >= 0.6 is 0 Å². The van der Waals surface area contributed by atoms with Gasteiger partial charge in [-0.1, -0.05) is 44.2 Å². The molecule has 0 N–H and O–H groups in total. The first-order valence-electron chi connectivity index (χ1n) is 15.5. The van der Waals surface area contributed by atoms with Gasteiger partial charge in [0.25, 0.3) is 0 Å². The smallest absolute Gasteiger partial charge is 0.302 e. The topological polar surface area (TPSA) is 66.5 Å². The number of likely N-dealkylation sites (tertiary alicyclic amines) is 1. The van der Waals surface area contributed by atoms with Crippen LogP contribution in [0.1, 0.15) is 52.0 Å². The van der Waals surface area contributed by atoms with Gasteiger partial charge in [-0.15, -0.1) is 0 Å². The molecule has 7 nitrogen and oxygen atoms in total. The van der Waals surface area contributed by atoms with E-state index in [0.717, 1.165) is 38.8 Å². The van der Waals surface area contributed by atoms with E-state index < -0.39 is 5.60 Å². The maximum absolute atomic E-state index is 12.8. The highest BCUT2D eigenvalue weighted by molar-refractivity contribution is 5.66. The summed E-state index contributed by atoms with van der Waals surface area (Å²) < 4.78 is 33.2. The third-order valence-corrected chi connectivity index (χ3v) is 12.8. The molecule has 5 saturated carbocycles. The lowest BCUT2D eigenvalue weighted by atomic mass is 9.43. The number of hydrogen-bond acceptors (Lipinski definition) is 7. The standard InChI is InChI=1S/C33H47NO6/c1-7-34-18-31(3)14-13-24(37-5)33-22-15-21-23(36-4)16-32(38-6,26(30(33)34)28(29(31)33)40-19(2)35)25(22)27(21)39-17-20-11-9-8-10-12-20/h8-12,21-30H,7,13-18H2,1-6H3/t21-,22?,23+,24?,25?,26?,27?,28?,29-,30-,31+,32-,33?/m1/s1. The highest BCUT2D eigenvalue weighted by Crippen LogP contribution is 2.80. The first-order chi connectivity index (χ1) is 19.3. The van der Waals surface area contributed by atoms with Gasteiger partial charge >= 0.3 is 5.97 Å². The maximum atomic E-state index is 12.8. The minimum atomic E-state index is -0.510. The number of ether oxygens (including phenoxy) is 5. The fourth-order valence-corrected chi connectivity index (χ4v) is 12.0. The van der Waals surface area contributed by atoms with Crippen molar-refractivity contribution >= 4 is 5.97 Å². The Morgan fingerprint density at radius 2 is 1.85 bits per heavy atom. The molecule has 1 spiro atoms. The molecule has 6 aliphatic rings. The Morgan fingerprint density at radius 1 is 1.07 bits per heavy atom. The minimum Gasteiger partial charge on any atom is -0.462 e. The van der Waals surface area contributed by atoms with Crippen LogP contribution in [0.3, 0.4) is 0 Å². The monoisotopic (exact) mass is 553 g/mol. The summed E-state index contributed by atoms with van der Waals surface area (Å²) in [5, 5.41) is 0. The molecule has 1 aromatic carbocycles. The molecule has 7 heteroatoms. The van der Waals surface area contributed by atoms with Crippen LogP contribution < -0.4 is 0 Å². The van der Waals surface area contributed by atoms with Crippen LogP contribution in [-0.4, -0.2) is 81.3 Å². The number of rotatable bonds is 8. The molecule has 7 unspecified atom stereocenters. The van der Waals surface area contributed by atoms with Crippen molar-refractivity contribution in [3.63, 3.8) is 0 Å². The molecule has 0 amide bonds. The average Bonchev–Trinajstić information content (AvgIpc) is 3.38. The van der Waals surface area contributed by atoms with E-state index in [1.54, 1.807) is 6.92 Å². The quantitative estimate of drug-likeness (QED) is 0.444. The molecule has 0 radical (unpaired) electrons. The number of fused-ring (bicyclic) bond motifs is 2. The van der Waals surface area contributed by atoms with Crippen LogP contribution in [0.4, 0.5) is 0 Å². The van der Waals surface area contributed by atoms with Crippen LogP contribution in [0.25, 0.3) is 0 Å². The number of piperidine rings is 1. The van der Waals surface area contributed by atoms with Gasteiger partial charge in [-0.2, -0.15) is 0 Å². The fraction of sp³-hybridized carbons (Fsp3) is 0.788. The number of methoxy groups -OCH3 is 3. The molecule has 0 aromatic heterocycles. The van der Waals surface area contributed by atoms with Crippen LogP contribution in [0.2, 0.25) is 0 Å². The van der Waals surface area contributed by atoms with E-state index in [0.29, 0.717) is 18.4 Å². The summed E-state index contributed by atoms with van der Waals surface area (Å²) in [7, 11) is 5.64. The van der Waals surface area contributed by atoms with Crippen LogP contribution in [-0.2, 0) is 35.1 Å². The molecule has 1 saturated heterocycles. The van der Waals surface area contributed by atoms with Crippen molar-refractivity contribution < 1.29 is 28.5 Å². The zero-order valence-corrected chi connectivity index (χ0v) is 25.0. The maximum Gasteiger partial charge on any atom is 0.302 e. The lowest BCUT2D eigenvalue weighted by Gasteiger charge is -2.69. The molecule has 7 rings (SSSR count). The normalized spacial score (nSPS) is 50.1. The number of carbonyl (C=O) groups is 1. The lowest BCUT2D eigenvalue weighted by molar-refractivity contribution is -0.280. The third-order valence-electron chi connectivity index (χ3n) is 12.8. The zero-order valence-electron chi connectivity index (χ0n) is 25.0. The summed E-state index contributed by atoms with van der Waals surface area (Å²) in [6, 6.07) is 10.7. The minimum absolute atomic E-state index is 0.0149. The van der Waals surface area contributed by atoms with Gasteiger partial charge in [0.05, 0.1) is 30.5 Å². The largest absolute Gasteiger partial charge is 0.462 e. The van der Waals surface area contributed by atoms with Gasteiger partial charge < -0.3 is 23.7 Å². The predicted octanol–water partition coefficient (Wildman–Crippen LogP) is 4.32. The van der Waals surface area contributed by atoms with Gasteiger partial charge in [0.1, 0.15) is 6.10 Å². The van der Waals surface area contributed by atoms with Gasteiger partial charge in [-0.3, -0.25) is 9.69 Å². The SMILES string of the molecule is CCN1C[C@]2(C)CCC(OC)C34C5C[C@H]6C(OCc7ccccc7)C5[C@](OC)(C[C@@H]6OC)C(C(OC(C)=O)[C@@H]32)[C@@H]14. The van der Waals surface area contributed by atoms with Gasteiger partial charge in [0, 0.05) is 76.3 Å². The Hall–Kier alpha value is -1.51. The van der Waals surface area contributed by atoms with Gasteiger partial charge in [0.2, 0.25) is 0 Å². The number of nitrogens with zero attached hydrogens (tertiary/aromatic N) is 1. The summed E-state index contributed by atoms with van der Waals surface area (Å²) in [6.45, 7) is 8.91. The highest BCUT2D eigenvalue weighted by Gasteiger charge is 2.87. The number of benzene rings is 1. The van der Waals surface area contributed by atoms with Gasteiger partial charge in [0.15, 0.2) is 0 Å². The molecule has 13 atom stereocenters. The predicted molar refractivity (Wildman–Crippen MR) is 149 cm³/mol. The van der Waals surface area contributed by atoms with Crippen LogP contribution in [0.5, 0.6) is 0 Å². The van der Waals surface area contributed by atoms with Crippen molar-refractivity contribution in [3.8, 4) is 0 Å². The lowest BCUT2D eigenvalue weighted by Crippen LogP contribution is -2.76. The molecular formula is C33H47NO6. The van der Waals surface area contributed by atoms with E-state index >= 15 is 0 Å². The van der Waals surface area contributed by atoms with E-state index in [4.69, 9.17) is 23.7 Å². The summed E-state index contributed by atoms with van der Waals surface area (Å²) in [6.07, 6.45) is 3.93. The molecule has 1 aliphatic heterocycles. The van der Waals surface area contributed by atoms with Crippen molar-refractivity contribution in [3.05, 3.63) is 35.9 Å². The van der Waals surface area contributed by atoms with Crippen molar-refractivity contribution in [2.24, 2.45) is 40.4 Å². The molecule has 220 valence electrons. The van der Waals surface area contributed by atoms with Crippen molar-refractivity contribution in [1.29, 1.82) is 0 Å². The first kappa shape index (κ1) is 27.3. The second kappa shape index (κ2) is 9.50. The third kappa shape index (κ3) is 3.27. The summed E-state index contributed by atoms with van der Waals surface area (Å²) in [4.78, 5) is 15.6. The number of carbonyl (C=O) groups excluding carboxylic acids is 1. The Morgan fingerprint density at radius 3 is 2.50 bits per heavy atom. The molecule has 1 aromatic rings. The van der Waals surface area contributed by atoms with E-state index in [2.05, 4.69) is 43.0 Å². The first-order valence-corrected chi connectivity index (χ1v) is 15.5. The van der Waals surface area contributed by atoms with E-state index in [1.807, 2.05) is 27.4 Å². The molecular weight excluding hydrogens is 506 g/mol. The summed E-state index contributed by atoms with van der Waals surface area (Å²) in [5.41, 5.74) is 0.595. The van der Waals surface area contributed by atoms with Gasteiger partial charge in [-0.05, 0) is 42.7 Å². The van der Waals surface area contributed by atoms with Crippen LogP contribution in [0.15, 0.2) is 30.3 Å².